The van der Waals surface area contributed by atoms with Crippen LogP contribution in [0.2, 0.25) is 0 Å². The number of carbonyl (C=O) groups is 4. The van der Waals surface area contributed by atoms with Gasteiger partial charge in [0.05, 0.1) is 24.1 Å². The van der Waals surface area contributed by atoms with Gasteiger partial charge in [0.2, 0.25) is 17.7 Å². The summed E-state index contributed by atoms with van der Waals surface area (Å²) >= 11 is 0. The lowest BCUT2D eigenvalue weighted by Crippen LogP contribution is -2.74. The summed E-state index contributed by atoms with van der Waals surface area (Å²) in [7, 11) is 1.46. The molecule has 4 fully saturated rings. The molecule has 4 aliphatic rings. The molecule has 0 aliphatic carbocycles. The van der Waals surface area contributed by atoms with Crippen LogP contribution in [-0.2, 0) is 31.8 Å². The molecule has 0 aromatic heterocycles. The van der Waals surface area contributed by atoms with E-state index in [0.29, 0.717) is 19.1 Å². The highest BCUT2D eigenvalue weighted by Crippen LogP contribution is 2.39. The quantitative estimate of drug-likeness (QED) is 0.210. The van der Waals surface area contributed by atoms with Crippen molar-refractivity contribution in [3.63, 3.8) is 0 Å². The molecular formula is C43H48F3N5O5. The van der Waals surface area contributed by atoms with Gasteiger partial charge < -0.3 is 24.3 Å². The number of nitrogens with zero attached hydrogens (tertiary/aromatic N) is 5. The predicted molar refractivity (Wildman–Crippen MR) is 204 cm³/mol. The highest BCUT2D eigenvalue weighted by molar-refractivity contribution is 5.99. The molecule has 4 heterocycles. The van der Waals surface area contributed by atoms with Crippen LogP contribution >= 0.6 is 0 Å². The van der Waals surface area contributed by atoms with E-state index in [1.165, 1.54) is 53.1 Å². The van der Waals surface area contributed by atoms with Crippen LogP contribution in [-0.4, -0.2) is 112 Å². The van der Waals surface area contributed by atoms with Gasteiger partial charge in [-0.2, -0.15) is 13.2 Å². The van der Waals surface area contributed by atoms with Gasteiger partial charge in [0.1, 0.15) is 18.7 Å². The second kappa shape index (κ2) is 16.9. The summed E-state index contributed by atoms with van der Waals surface area (Å²) < 4.78 is 46.3. The number of carbonyl (C=O) groups excluding carboxylic acids is 4. The lowest BCUT2D eigenvalue weighted by molar-refractivity contribution is -0.167. The van der Waals surface area contributed by atoms with Crippen molar-refractivity contribution in [3.05, 3.63) is 113 Å². The van der Waals surface area contributed by atoms with Gasteiger partial charge in [0.15, 0.2) is 0 Å². The first-order chi connectivity index (χ1) is 27.0. The van der Waals surface area contributed by atoms with E-state index in [4.69, 9.17) is 4.74 Å². The number of halogens is 3. The highest BCUT2D eigenvalue weighted by atomic mass is 19.4. The third-order valence-electron chi connectivity index (χ3n) is 11.6. The lowest BCUT2D eigenvalue weighted by Gasteiger charge is -2.52. The van der Waals surface area contributed by atoms with Crippen molar-refractivity contribution in [1.29, 1.82) is 0 Å². The standard InChI is InChI=1S/C43H48F3N5O5/c1-47(28-31-14-11-17-33(26-31)43(44,45)46)40(53)36(27-38(52)49-24-20-34(21-25-49)48-22-9-4-10-23-48)50-35(19-18-30-12-5-2-6-13-30)39(41(50)54)51-37(29-56-42(51)55)32-15-7-3-8-16-32/h2-3,5-8,11-19,26,34-37,39H,4,9-10,20-25,27-29H2,1H3. The molecule has 7 rings (SSSR count). The van der Waals surface area contributed by atoms with Crippen molar-refractivity contribution >= 4 is 29.9 Å². The first-order valence-corrected chi connectivity index (χ1v) is 19.5. The number of β-lactam (4-membered cyclic amide) rings is 1. The molecule has 0 N–H and O–H groups in total. The van der Waals surface area contributed by atoms with Gasteiger partial charge in [0, 0.05) is 32.7 Å². The summed E-state index contributed by atoms with van der Waals surface area (Å²) in [5, 5.41) is 0. The first kappa shape index (κ1) is 39.1. The maximum atomic E-state index is 14.6. The zero-order valence-electron chi connectivity index (χ0n) is 31.5. The molecule has 3 aromatic carbocycles. The number of piperidine rings is 2. The maximum Gasteiger partial charge on any atom is 0.416 e. The number of cyclic esters (lactones) is 1. The Labute approximate surface area is 325 Å². The fourth-order valence-electron chi connectivity index (χ4n) is 8.62. The van der Waals surface area contributed by atoms with E-state index in [2.05, 4.69) is 4.90 Å². The number of alkyl halides is 3. The monoisotopic (exact) mass is 771 g/mol. The number of rotatable bonds is 11. The summed E-state index contributed by atoms with van der Waals surface area (Å²) in [4.78, 5) is 65.1. The fraction of sp³-hybridized carbons (Fsp3) is 0.442. The SMILES string of the molecule is CN(Cc1cccc(C(F)(F)F)c1)C(=O)C(CC(=O)N1CCC(N2CCCCC2)CC1)N1C(=O)C(N2C(=O)OCC2c2ccccc2)C1C=Cc1ccccc1. The zero-order valence-corrected chi connectivity index (χ0v) is 31.5. The van der Waals surface area contributed by atoms with E-state index in [1.807, 2.05) is 66.7 Å². The Balaban J connectivity index is 1.19. The second-order valence-electron chi connectivity index (χ2n) is 15.2. The number of benzene rings is 3. The number of ether oxygens (including phenoxy) is 1. The van der Waals surface area contributed by atoms with E-state index >= 15 is 0 Å². The largest absolute Gasteiger partial charge is 0.447 e. The molecule has 0 bridgehead atoms. The minimum absolute atomic E-state index is 0.0374. The molecule has 10 nitrogen and oxygen atoms in total. The molecule has 0 radical (unpaired) electrons. The van der Waals surface area contributed by atoms with Crippen LogP contribution in [0.4, 0.5) is 18.0 Å². The Morgan fingerprint density at radius 1 is 0.893 bits per heavy atom. The molecule has 0 spiro atoms. The molecule has 4 unspecified atom stereocenters. The summed E-state index contributed by atoms with van der Waals surface area (Å²) in [6, 6.07) is 20.1. The predicted octanol–water partition coefficient (Wildman–Crippen LogP) is 6.39. The van der Waals surface area contributed by atoms with Crippen molar-refractivity contribution in [3.8, 4) is 0 Å². The molecular weight excluding hydrogens is 723 g/mol. The van der Waals surface area contributed by atoms with Crippen molar-refractivity contribution in [2.24, 2.45) is 0 Å². The van der Waals surface area contributed by atoms with E-state index in [1.54, 1.807) is 11.0 Å². The van der Waals surface area contributed by atoms with Gasteiger partial charge in [-0.3, -0.25) is 19.3 Å². The Hall–Kier alpha value is -5.17. The van der Waals surface area contributed by atoms with E-state index in [0.717, 1.165) is 49.2 Å². The molecule has 13 heteroatoms. The van der Waals surface area contributed by atoms with Crippen LogP contribution in [0.3, 0.4) is 0 Å². The molecule has 4 aliphatic heterocycles. The van der Waals surface area contributed by atoms with Gasteiger partial charge in [-0.1, -0.05) is 91.4 Å². The normalized spacial score (nSPS) is 22.9. The molecule has 56 heavy (non-hydrogen) atoms. The average molecular weight is 772 g/mol. The van der Waals surface area contributed by atoms with Crippen LogP contribution in [0.5, 0.6) is 0 Å². The molecule has 4 saturated heterocycles. The Morgan fingerprint density at radius 3 is 2.25 bits per heavy atom. The van der Waals surface area contributed by atoms with Crippen molar-refractivity contribution in [2.75, 3.05) is 39.8 Å². The zero-order chi connectivity index (χ0) is 39.4. The molecule has 296 valence electrons. The van der Waals surface area contributed by atoms with Gasteiger partial charge >= 0.3 is 12.3 Å². The van der Waals surface area contributed by atoms with E-state index < -0.39 is 53.8 Å². The average Bonchev–Trinajstić information content (AvgIpc) is 3.59. The lowest BCUT2D eigenvalue weighted by atomic mass is 9.87. The second-order valence-corrected chi connectivity index (χ2v) is 15.2. The fourth-order valence-corrected chi connectivity index (χ4v) is 8.62. The Bertz CT molecular complexity index is 1900. The van der Waals surface area contributed by atoms with Gasteiger partial charge in [0.25, 0.3) is 0 Å². The van der Waals surface area contributed by atoms with Gasteiger partial charge in [-0.15, -0.1) is 0 Å². The van der Waals surface area contributed by atoms with Crippen LogP contribution in [0, 0.1) is 0 Å². The Morgan fingerprint density at radius 2 is 1.57 bits per heavy atom. The van der Waals surface area contributed by atoms with Crippen molar-refractivity contribution < 1.29 is 37.1 Å². The number of likely N-dealkylation sites (N-methyl/N-ethyl adjacent to an activating group) is 1. The molecule has 4 atom stereocenters. The smallest absolute Gasteiger partial charge is 0.416 e. The van der Waals surface area contributed by atoms with Crippen LogP contribution in [0.25, 0.3) is 6.08 Å². The summed E-state index contributed by atoms with van der Waals surface area (Å²) in [6.45, 7) is 3.01. The summed E-state index contributed by atoms with van der Waals surface area (Å²) in [5.74, 6) is -1.39. The number of hydrogen-bond donors (Lipinski definition) is 0. The topological polar surface area (TPSA) is 93.7 Å². The number of hydrogen-bond acceptors (Lipinski definition) is 6. The highest BCUT2D eigenvalue weighted by Gasteiger charge is 2.58. The summed E-state index contributed by atoms with van der Waals surface area (Å²) in [6.07, 6.45) is 3.23. The number of likely N-dealkylation sites (tertiary alicyclic amines) is 3. The van der Waals surface area contributed by atoms with Crippen molar-refractivity contribution in [2.45, 2.75) is 81.5 Å². The van der Waals surface area contributed by atoms with Gasteiger partial charge in [-0.05, 0) is 67.6 Å². The first-order valence-electron chi connectivity index (χ1n) is 19.5. The van der Waals surface area contributed by atoms with Gasteiger partial charge in [-0.25, -0.2) is 4.79 Å². The molecule has 0 saturated carbocycles. The third-order valence-corrected chi connectivity index (χ3v) is 11.6. The Kier molecular flexibility index (Phi) is 11.8. The molecule has 3 aromatic rings. The van der Waals surface area contributed by atoms with E-state index in [9.17, 15) is 32.3 Å². The molecule has 4 amide bonds. The summed E-state index contributed by atoms with van der Waals surface area (Å²) in [5.41, 5.74) is 1.02. The van der Waals surface area contributed by atoms with Crippen LogP contribution in [0.15, 0.2) is 91.0 Å². The van der Waals surface area contributed by atoms with Crippen LogP contribution in [0.1, 0.15) is 66.8 Å². The van der Waals surface area contributed by atoms with E-state index in [-0.39, 0.29) is 31.0 Å². The van der Waals surface area contributed by atoms with Crippen molar-refractivity contribution in [1.82, 2.24) is 24.5 Å². The third kappa shape index (κ3) is 8.47. The van der Waals surface area contributed by atoms with Crippen LogP contribution < -0.4 is 0 Å². The maximum absolute atomic E-state index is 14.6. The minimum atomic E-state index is -4.57. The number of amides is 4. The minimum Gasteiger partial charge on any atom is -0.447 e.